The van der Waals surface area contributed by atoms with E-state index in [-0.39, 0.29) is 0 Å². The first kappa shape index (κ1) is 14.3. The van der Waals surface area contributed by atoms with Crippen molar-refractivity contribution in [2.45, 2.75) is 12.2 Å². The van der Waals surface area contributed by atoms with Crippen LogP contribution in [0.2, 0.25) is 0 Å². The zero-order valence-electron chi connectivity index (χ0n) is 8.67. The van der Waals surface area contributed by atoms with Gasteiger partial charge < -0.3 is 19.7 Å². The van der Waals surface area contributed by atoms with E-state index in [2.05, 4.69) is 22.6 Å². The maximum Gasteiger partial charge on any atom is 0.330 e. The number of hydrogen-bond donors (Lipinski definition) is 2. The summed E-state index contributed by atoms with van der Waals surface area (Å²) in [5, 5.41) is 17.8. The summed E-state index contributed by atoms with van der Waals surface area (Å²) in [5.74, 6) is -1.57. The van der Waals surface area contributed by atoms with Crippen LogP contribution in [0, 0.1) is 0 Å². The third-order valence-corrected chi connectivity index (χ3v) is 1.64. The Morgan fingerprint density at radius 2 is 1.31 bits per heavy atom. The molecule has 0 spiro atoms. The lowest BCUT2D eigenvalue weighted by molar-refractivity contribution is -0.167. The maximum atomic E-state index is 10.9. The summed E-state index contributed by atoms with van der Waals surface area (Å²) in [6, 6.07) is 0. The average Bonchev–Trinajstić information content (AvgIpc) is 2.32. The fraction of sp³-hybridized carbons (Fsp3) is 0.400. The van der Waals surface area contributed by atoms with Crippen molar-refractivity contribution >= 4 is 11.9 Å². The first-order chi connectivity index (χ1) is 7.58. The van der Waals surface area contributed by atoms with Crippen molar-refractivity contribution in [2.24, 2.45) is 0 Å². The lowest BCUT2D eigenvalue weighted by Gasteiger charge is -2.22. The number of esters is 2. The lowest BCUT2D eigenvalue weighted by Crippen LogP contribution is -2.39. The number of rotatable bonds is 7. The largest absolute Gasteiger partial charge is 0.453 e. The Balaban J connectivity index is 4.48. The molecule has 0 heterocycles. The molecule has 2 N–H and O–H groups in total. The van der Waals surface area contributed by atoms with E-state index in [1.165, 1.54) is 0 Å². The van der Waals surface area contributed by atoms with E-state index in [0.29, 0.717) is 0 Å². The van der Waals surface area contributed by atoms with Crippen molar-refractivity contribution in [2.75, 3.05) is 13.2 Å². The van der Waals surface area contributed by atoms with Crippen molar-refractivity contribution in [3.63, 3.8) is 0 Å². The quantitative estimate of drug-likeness (QED) is 0.438. The van der Waals surface area contributed by atoms with Gasteiger partial charge in [0.15, 0.2) is 12.2 Å². The van der Waals surface area contributed by atoms with E-state index in [4.69, 9.17) is 10.2 Å². The lowest BCUT2D eigenvalue weighted by atomic mass is 10.2. The Morgan fingerprint density at radius 1 is 1.00 bits per heavy atom. The summed E-state index contributed by atoms with van der Waals surface area (Å²) in [7, 11) is 0. The van der Waals surface area contributed by atoms with Gasteiger partial charge in [-0.25, -0.2) is 9.59 Å². The third kappa shape index (κ3) is 4.72. The first-order valence-corrected chi connectivity index (χ1v) is 4.46. The topological polar surface area (TPSA) is 93.1 Å². The second-order valence-electron chi connectivity index (χ2n) is 2.72. The molecule has 0 saturated heterocycles. The predicted molar refractivity (Wildman–Crippen MR) is 54.3 cm³/mol. The van der Waals surface area contributed by atoms with Crippen molar-refractivity contribution in [3.8, 4) is 0 Å². The van der Waals surface area contributed by atoms with Crippen LogP contribution in [0.4, 0.5) is 0 Å². The molecule has 0 rings (SSSR count). The second kappa shape index (κ2) is 7.61. The van der Waals surface area contributed by atoms with E-state index in [0.717, 1.165) is 12.2 Å². The summed E-state index contributed by atoms with van der Waals surface area (Å²) in [5.41, 5.74) is 0. The number of hydrogen-bond acceptors (Lipinski definition) is 6. The Labute approximate surface area is 92.8 Å². The molecular formula is C10H14O6. The zero-order chi connectivity index (χ0) is 12.6. The molecule has 0 amide bonds. The normalized spacial score (nSPS) is 13.4. The predicted octanol–water partition coefficient (Wildman–Crippen LogP) is -0.833. The van der Waals surface area contributed by atoms with Crippen molar-refractivity contribution in [1.82, 2.24) is 0 Å². The summed E-state index contributed by atoms with van der Waals surface area (Å²) in [4.78, 5) is 21.7. The van der Waals surface area contributed by atoms with Gasteiger partial charge in [-0.1, -0.05) is 13.2 Å². The van der Waals surface area contributed by atoms with Crippen LogP contribution < -0.4 is 0 Å². The standard InChI is InChI=1S/C10H14O6/c1-3-9(13)15-7(5-11)8(6-12)16-10(14)4-2/h3-4,7-8,11-12H,1-2,5-6H2. The van der Waals surface area contributed by atoms with Crippen LogP contribution in [0.5, 0.6) is 0 Å². The molecule has 0 aromatic heterocycles. The number of aliphatic hydroxyl groups is 2. The van der Waals surface area contributed by atoms with Crippen LogP contribution in [-0.4, -0.2) is 47.6 Å². The molecule has 0 aromatic rings. The first-order valence-electron chi connectivity index (χ1n) is 4.46. The highest BCUT2D eigenvalue weighted by molar-refractivity contribution is 5.82. The second-order valence-corrected chi connectivity index (χ2v) is 2.72. The van der Waals surface area contributed by atoms with Gasteiger partial charge in [0.25, 0.3) is 0 Å². The van der Waals surface area contributed by atoms with Gasteiger partial charge in [-0.15, -0.1) is 0 Å². The molecule has 90 valence electrons. The van der Waals surface area contributed by atoms with Crippen LogP contribution in [0.25, 0.3) is 0 Å². The van der Waals surface area contributed by atoms with E-state index in [9.17, 15) is 9.59 Å². The SMILES string of the molecule is C=CC(=O)OC(CO)C(CO)OC(=O)C=C. The summed E-state index contributed by atoms with van der Waals surface area (Å²) < 4.78 is 9.34. The maximum absolute atomic E-state index is 10.9. The molecule has 0 aliphatic rings. The van der Waals surface area contributed by atoms with Gasteiger partial charge in [0.1, 0.15) is 0 Å². The Bertz CT molecular complexity index is 244. The molecule has 0 saturated carbocycles. The minimum atomic E-state index is -1.14. The molecule has 6 heteroatoms. The van der Waals surface area contributed by atoms with Gasteiger partial charge in [0.05, 0.1) is 13.2 Å². The Morgan fingerprint density at radius 3 is 1.50 bits per heavy atom. The third-order valence-electron chi connectivity index (χ3n) is 1.64. The van der Waals surface area contributed by atoms with E-state index < -0.39 is 37.4 Å². The smallest absolute Gasteiger partial charge is 0.330 e. The molecule has 0 fully saturated rings. The number of ether oxygens (including phenoxy) is 2. The molecule has 2 unspecified atom stereocenters. The number of carbonyl (C=O) groups is 2. The minimum absolute atomic E-state index is 0.588. The average molecular weight is 230 g/mol. The van der Waals surface area contributed by atoms with Gasteiger partial charge >= 0.3 is 11.9 Å². The Kier molecular flexibility index (Phi) is 6.82. The molecule has 0 aromatic carbocycles. The van der Waals surface area contributed by atoms with Gasteiger partial charge in [0.2, 0.25) is 0 Å². The minimum Gasteiger partial charge on any atom is -0.453 e. The van der Waals surface area contributed by atoms with E-state index in [1.807, 2.05) is 0 Å². The highest BCUT2D eigenvalue weighted by Crippen LogP contribution is 2.05. The fourth-order valence-electron chi connectivity index (χ4n) is 0.856. The van der Waals surface area contributed by atoms with Gasteiger partial charge in [-0.05, 0) is 0 Å². The van der Waals surface area contributed by atoms with E-state index in [1.54, 1.807) is 0 Å². The Hall–Kier alpha value is -1.66. The van der Waals surface area contributed by atoms with Gasteiger partial charge in [-0.2, -0.15) is 0 Å². The molecule has 2 atom stereocenters. The molecular weight excluding hydrogens is 216 g/mol. The van der Waals surface area contributed by atoms with Crippen LogP contribution >= 0.6 is 0 Å². The summed E-state index contributed by atoms with van der Waals surface area (Å²) in [6.07, 6.45) is -0.488. The van der Waals surface area contributed by atoms with Crippen LogP contribution in [0.3, 0.4) is 0 Å². The van der Waals surface area contributed by atoms with Crippen molar-refractivity contribution < 1.29 is 29.3 Å². The highest BCUT2D eigenvalue weighted by atomic mass is 16.6. The summed E-state index contributed by atoms with van der Waals surface area (Å²) in [6.45, 7) is 5.16. The summed E-state index contributed by atoms with van der Waals surface area (Å²) >= 11 is 0. The van der Waals surface area contributed by atoms with Crippen LogP contribution in [-0.2, 0) is 19.1 Å². The zero-order valence-corrected chi connectivity index (χ0v) is 8.67. The van der Waals surface area contributed by atoms with Gasteiger partial charge in [-0.3, -0.25) is 0 Å². The van der Waals surface area contributed by atoms with Crippen molar-refractivity contribution in [1.29, 1.82) is 0 Å². The highest BCUT2D eigenvalue weighted by Gasteiger charge is 2.26. The molecule has 0 radical (unpaired) electrons. The number of carbonyl (C=O) groups excluding carboxylic acids is 2. The van der Waals surface area contributed by atoms with Crippen LogP contribution in [0.15, 0.2) is 25.3 Å². The molecule has 6 nitrogen and oxygen atoms in total. The van der Waals surface area contributed by atoms with Crippen LogP contribution in [0.1, 0.15) is 0 Å². The molecule has 0 aliphatic heterocycles. The number of aliphatic hydroxyl groups excluding tert-OH is 2. The van der Waals surface area contributed by atoms with Gasteiger partial charge in [0, 0.05) is 12.2 Å². The molecule has 0 aliphatic carbocycles. The van der Waals surface area contributed by atoms with E-state index >= 15 is 0 Å². The monoisotopic (exact) mass is 230 g/mol. The fourth-order valence-corrected chi connectivity index (χ4v) is 0.856. The molecule has 0 bridgehead atoms. The van der Waals surface area contributed by atoms with Crippen molar-refractivity contribution in [3.05, 3.63) is 25.3 Å². The molecule has 16 heavy (non-hydrogen) atoms.